The van der Waals surface area contributed by atoms with Crippen LogP contribution in [0.3, 0.4) is 0 Å². The highest BCUT2D eigenvalue weighted by atomic mass is 32.2. The van der Waals surface area contributed by atoms with Gasteiger partial charge in [0.25, 0.3) is 0 Å². The average Bonchev–Trinajstić information content (AvgIpc) is 2.39. The van der Waals surface area contributed by atoms with Gasteiger partial charge in [-0.15, -0.1) is 0 Å². The molecule has 0 fully saturated rings. The number of aryl methyl sites for hydroxylation is 1. The zero-order valence-electron chi connectivity index (χ0n) is 11.1. The lowest BCUT2D eigenvalue weighted by molar-refractivity contribution is 0.319. The van der Waals surface area contributed by atoms with Crippen LogP contribution in [0.1, 0.15) is 12.0 Å². The van der Waals surface area contributed by atoms with Gasteiger partial charge in [0.15, 0.2) is 9.84 Å². The summed E-state index contributed by atoms with van der Waals surface area (Å²) in [5, 5.41) is 20.2. The van der Waals surface area contributed by atoms with Gasteiger partial charge in [-0.3, -0.25) is 0 Å². The Hall–Kier alpha value is -1.59. The van der Waals surface area contributed by atoms with E-state index in [1.54, 1.807) is 12.1 Å². The first-order valence-electron chi connectivity index (χ1n) is 6.54. The monoisotopic (exact) mass is 294 g/mol. The quantitative estimate of drug-likeness (QED) is 0.853. The Balaban J connectivity index is 2.13. The molecule has 0 bridgehead atoms. The highest BCUT2D eigenvalue weighted by Crippen LogP contribution is 2.27. The number of phenols is 1. The largest absolute Gasteiger partial charge is 0.507 e. The van der Waals surface area contributed by atoms with E-state index in [1.807, 2.05) is 24.3 Å². The molecule has 0 saturated heterocycles. The normalized spacial score (nSPS) is 11.8. The SMILES string of the molecule is O=S(=O)(CCO)CCCc1cccc2c(O)cccc12. The van der Waals surface area contributed by atoms with Gasteiger partial charge in [-0.2, -0.15) is 0 Å². The fourth-order valence-corrected chi connectivity index (χ4v) is 3.37. The van der Waals surface area contributed by atoms with Gasteiger partial charge in [0, 0.05) is 5.39 Å². The lowest BCUT2D eigenvalue weighted by Crippen LogP contribution is -2.14. The molecule has 2 aromatic carbocycles. The van der Waals surface area contributed by atoms with E-state index < -0.39 is 9.84 Å². The molecule has 0 amide bonds. The van der Waals surface area contributed by atoms with Gasteiger partial charge in [-0.25, -0.2) is 8.42 Å². The average molecular weight is 294 g/mol. The summed E-state index contributed by atoms with van der Waals surface area (Å²) in [6.07, 6.45) is 1.14. The Bertz CT molecular complexity index is 692. The molecule has 2 N–H and O–H groups in total. The first-order valence-corrected chi connectivity index (χ1v) is 8.36. The molecule has 5 heteroatoms. The fourth-order valence-electron chi connectivity index (χ4n) is 2.30. The molecule has 0 aromatic heterocycles. The summed E-state index contributed by atoms with van der Waals surface area (Å²) in [5.74, 6) is 0.128. The second-order valence-corrected chi connectivity index (χ2v) is 7.07. The van der Waals surface area contributed by atoms with Crippen molar-refractivity contribution in [1.29, 1.82) is 0 Å². The molecular formula is C15H18O4S. The smallest absolute Gasteiger partial charge is 0.152 e. The molecule has 0 aliphatic carbocycles. The number of hydrogen-bond donors (Lipinski definition) is 2. The van der Waals surface area contributed by atoms with E-state index in [1.165, 1.54) is 0 Å². The lowest BCUT2D eigenvalue weighted by Gasteiger charge is -2.08. The molecule has 0 saturated carbocycles. The van der Waals surface area contributed by atoms with Crippen LogP contribution >= 0.6 is 0 Å². The molecule has 0 radical (unpaired) electrons. The number of rotatable bonds is 6. The van der Waals surface area contributed by atoms with Gasteiger partial charge >= 0.3 is 0 Å². The van der Waals surface area contributed by atoms with Gasteiger partial charge in [0.1, 0.15) is 5.75 Å². The van der Waals surface area contributed by atoms with Crippen molar-refractivity contribution < 1.29 is 18.6 Å². The standard InChI is InChI=1S/C15H18O4S/c16-9-11-20(18,19)10-3-5-12-4-1-7-14-13(12)6-2-8-15(14)17/h1-2,4,6-8,16-17H,3,5,9-11H2. The number of benzene rings is 2. The van der Waals surface area contributed by atoms with Crippen LogP contribution in [0.25, 0.3) is 10.8 Å². The van der Waals surface area contributed by atoms with Crippen LogP contribution in [0.5, 0.6) is 5.75 Å². The van der Waals surface area contributed by atoms with Crippen molar-refractivity contribution >= 4 is 20.6 Å². The molecule has 0 unspecified atom stereocenters. The van der Waals surface area contributed by atoms with E-state index in [0.29, 0.717) is 12.8 Å². The first kappa shape index (κ1) is 14.8. The van der Waals surface area contributed by atoms with E-state index in [4.69, 9.17) is 5.11 Å². The first-order chi connectivity index (χ1) is 9.53. The summed E-state index contributed by atoms with van der Waals surface area (Å²) < 4.78 is 23.1. The van der Waals surface area contributed by atoms with E-state index in [0.717, 1.165) is 16.3 Å². The van der Waals surface area contributed by atoms with Crippen molar-refractivity contribution in [2.45, 2.75) is 12.8 Å². The van der Waals surface area contributed by atoms with Crippen LogP contribution in [0, 0.1) is 0 Å². The highest BCUT2D eigenvalue weighted by Gasteiger charge is 2.10. The van der Waals surface area contributed by atoms with Crippen molar-refractivity contribution in [3.8, 4) is 5.75 Å². The number of hydrogen-bond acceptors (Lipinski definition) is 4. The second-order valence-electron chi connectivity index (χ2n) is 4.77. The van der Waals surface area contributed by atoms with Gasteiger partial charge in [-0.05, 0) is 29.9 Å². The zero-order chi connectivity index (χ0) is 14.6. The van der Waals surface area contributed by atoms with E-state index >= 15 is 0 Å². The maximum absolute atomic E-state index is 11.5. The molecule has 0 atom stereocenters. The van der Waals surface area contributed by atoms with Gasteiger partial charge in [0.2, 0.25) is 0 Å². The maximum atomic E-state index is 11.5. The number of aliphatic hydroxyl groups is 1. The minimum atomic E-state index is -3.16. The van der Waals surface area contributed by atoms with E-state index in [9.17, 15) is 13.5 Å². The summed E-state index contributed by atoms with van der Waals surface area (Å²) in [6.45, 7) is -0.329. The Morgan fingerprint density at radius 2 is 1.65 bits per heavy atom. The molecule has 2 aromatic rings. The van der Waals surface area contributed by atoms with Crippen molar-refractivity contribution in [3.05, 3.63) is 42.0 Å². The summed E-state index contributed by atoms with van der Waals surface area (Å²) >= 11 is 0. The van der Waals surface area contributed by atoms with Crippen LogP contribution in [0.15, 0.2) is 36.4 Å². The molecule has 4 nitrogen and oxygen atoms in total. The zero-order valence-corrected chi connectivity index (χ0v) is 11.9. The van der Waals surface area contributed by atoms with E-state index in [2.05, 4.69) is 0 Å². The maximum Gasteiger partial charge on any atom is 0.152 e. The Morgan fingerprint density at radius 1 is 0.950 bits per heavy atom. The molecule has 0 heterocycles. The second kappa shape index (κ2) is 6.24. The minimum Gasteiger partial charge on any atom is -0.507 e. The summed E-state index contributed by atoms with van der Waals surface area (Å²) in [7, 11) is -3.16. The van der Waals surface area contributed by atoms with E-state index in [-0.39, 0.29) is 23.9 Å². The molecule has 20 heavy (non-hydrogen) atoms. The summed E-state index contributed by atoms with van der Waals surface area (Å²) in [5.41, 5.74) is 1.03. The molecule has 0 spiro atoms. The number of fused-ring (bicyclic) bond motifs is 1. The van der Waals surface area contributed by atoms with Crippen LogP contribution in [-0.2, 0) is 16.3 Å². The van der Waals surface area contributed by atoms with Crippen LogP contribution in [-0.4, -0.2) is 36.7 Å². The number of sulfone groups is 1. The van der Waals surface area contributed by atoms with Crippen molar-refractivity contribution in [3.63, 3.8) is 0 Å². The molecule has 0 aliphatic rings. The number of aliphatic hydroxyl groups excluding tert-OH is 1. The third kappa shape index (κ3) is 3.49. The van der Waals surface area contributed by atoms with Crippen molar-refractivity contribution in [2.24, 2.45) is 0 Å². The van der Waals surface area contributed by atoms with Crippen LogP contribution in [0.4, 0.5) is 0 Å². The summed E-state index contributed by atoms with van der Waals surface area (Å²) in [6, 6.07) is 11.0. The third-order valence-electron chi connectivity index (χ3n) is 3.29. The van der Waals surface area contributed by atoms with Gasteiger partial charge < -0.3 is 10.2 Å². The predicted octanol–water partition coefficient (Wildman–Crippen LogP) is 1.89. The minimum absolute atomic E-state index is 0.0722. The number of phenolic OH excluding ortho intramolecular Hbond substituents is 1. The number of aromatic hydroxyl groups is 1. The fraction of sp³-hybridized carbons (Fsp3) is 0.333. The highest BCUT2D eigenvalue weighted by molar-refractivity contribution is 7.91. The van der Waals surface area contributed by atoms with Crippen LogP contribution in [0.2, 0.25) is 0 Å². The topological polar surface area (TPSA) is 74.6 Å². The van der Waals surface area contributed by atoms with Crippen LogP contribution < -0.4 is 0 Å². The predicted molar refractivity (Wildman–Crippen MR) is 79.7 cm³/mol. The molecule has 0 aliphatic heterocycles. The van der Waals surface area contributed by atoms with Gasteiger partial charge in [-0.1, -0.05) is 30.3 Å². The molecule has 108 valence electrons. The molecular weight excluding hydrogens is 276 g/mol. The molecule has 2 rings (SSSR count). The van der Waals surface area contributed by atoms with Gasteiger partial charge in [0.05, 0.1) is 18.1 Å². The Kier molecular flexibility index (Phi) is 4.62. The van der Waals surface area contributed by atoms with Crippen molar-refractivity contribution in [1.82, 2.24) is 0 Å². The van der Waals surface area contributed by atoms with Crippen molar-refractivity contribution in [2.75, 3.05) is 18.1 Å². The Labute approximate surface area is 118 Å². The summed E-state index contributed by atoms with van der Waals surface area (Å²) in [4.78, 5) is 0. The third-order valence-corrected chi connectivity index (χ3v) is 5.01. The lowest BCUT2D eigenvalue weighted by atomic mass is 10.0. The Morgan fingerprint density at radius 3 is 2.40 bits per heavy atom.